The number of benzene rings is 2. The highest BCUT2D eigenvalue weighted by molar-refractivity contribution is 7.80. The molecule has 2 rings (SSSR count). The Hall–Kier alpha value is -1.70. The third-order valence-corrected chi connectivity index (χ3v) is 3.71. The molecule has 24 heavy (non-hydrogen) atoms. The van der Waals surface area contributed by atoms with Crippen LogP contribution in [0.5, 0.6) is 5.75 Å². The van der Waals surface area contributed by atoms with Crippen LogP contribution in [0.4, 0.5) is 24.5 Å². The van der Waals surface area contributed by atoms with Crippen LogP contribution in [-0.2, 0) is 6.18 Å². The predicted octanol–water partition coefficient (Wildman–Crippen LogP) is 5.83. The minimum atomic E-state index is -4.56. The summed E-state index contributed by atoms with van der Waals surface area (Å²) in [5, 5.41) is 5.62. The van der Waals surface area contributed by atoms with Crippen LogP contribution >= 0.6 is 35.4 Å². The summed E-state index contributed by atoms with van der Waals surface area (Å²) < 4.78 is 43.7. The van der Waals surface area contributed by atoms with E-state index in [4.69, 9.17) is 40.2 Å². The van der Waals surface area contributed by atoms with Gasteiger partial charge in [-0.05, 0) is 48.6 Å². The molecule has 3 nitrogen and oxygen atoms in total. The fourth-order valence-corrected chi connectivity index (χ4v) is 2.51. The summed E-state index contributed by atoms with van der Waals surface area (Å²) in [5.74, 6) is 0.482. The van der Waals surface area contributed by atoms with E-state index in [0.29, 0.717) is 16.5 Å². The Labute approximate surface area is 151 Å². The number of ether oxygens (including phenoxy) is 1. The van der Waals surface area contributed by atoms with Crippen molar-refractivity contribution in [1.29, 1.82) is 0 Å². The van der Waals surface area contributed by atoms with E-state index in [9.17, 15) is 13.2 Å². The topological polar surface area (TPSA) is 33.3 Å². The number of methoxy groups -OCH3 is 1. The molecule has 9 heteroatoms. The zero-order chi connectivity index (χ0) is 17.9. The first-order chi connectivity index (χ1) is 11.2. The van der Waals surface area contributed by atoms with Gasteiger partial charge in [-0.25, -0.2) is 0 Å². The minimum absolute atomic E-state index is 0.0750. The first kappa shape index (κ1) is 18.6. The van der Waals surface area contributed by atoms with Crippen molar-refractivity contribution in [2.45, 2.75) is 6.18 Å². The molecule has 0 amide bonds. The molecule has 2 N–H and O–H groups in total. The maximum Gasteiger partial charge on any atom is 0.417 e. The average molecular weight is 395 g/mol. The summed E-state index contributed by atoms with van der Waals surface area (Å²) in [6, 6.07) is 8.27. The van der Waals surface area contributed by atoms with Gasteiger partial charge in [0.05, 0.1) is 23.4 Å². The molecule has 2 aromatic rings. The number of halogens is 5. The third-order valence-electron chi connectivity index (χ3n) is 2.94. The number of thiocarbonyl (C=S) groups is 1. The highest BCUT2D eigenvalue weighted by atomic mass is 35.5. The van der Waals surface area contributed by atoms with Crippen molar-refractivity contribution in [3.05, 3.63) is 52.0 Å². The van der Waals surface area contributed by atoms with Gasteiger partial charge in [0.15, 0.2) is 5.11 Å². The van der Waals surface area contributed by atoms with Crippen molar-refractivity contribution in [3.8, 4) is 5.75 Å². The zero-order valence-corrected chi connectivity index (χ0v) is 14.5. The quantitative estimate of drug-likeness (QED) is 0.641. The van der Waals surface area contributed by atoms with Crippen molar-refractivity contribution < 1.29 is 17.9 Å². The lowest BCUT2D eigenvalue weighted by molar-refractivity contribution is -0.137. The Morgan fingerprint density at radius 1 is 1.08 bits per heavy atom. The second-order valence-corrected chi connectivity index (χ2v) is 5.87. The van der Waals surface area contributed by atoms with Crippen molar-refractivity contribution in [2.75, 3.05) is 17.7 Å². The molecular weight excluding hydrogens is 384 g/mol. The monoisotopic (exact) mass is 394 g/mol. The Morgan fingerprint density at radius 3 is 2.42 bits per heavy atom. The van der Waals surface area contributed by atoms with Gasteiger partial charge in [-0.1, -0.05) is 23.2 Å². The largest absolute Gasteiger partial charge is 0.495 e. The number of nitrogens with one attached hydrogen (secondary N) is 2. The van der Waals surface area contributed by atoms with Crippen LogP contribution in [0.25, 0.3) is 0 Å². The maximum absolute atomic E-state index is 12.9. The van der Waals surface area contributed by atoms with Gasteiger partial charge in [-0.3, -0.25) is 0 Å². The van der Waals surface area contributed by atoms with Crippen molar-refractivity contribution in [2.24, 2.45) is 0 Å². The molecule has 0 heterocycles. The van der Waals surface area contributed by atoms with Crippen LogP contribution < -0.4 is 15.4 Å². The Balaban J connectivity index is 2.18. The summed E-state index contributed by atoms with van der Waals surface area (Å²) in [7, 11) is 1.47. The first-order valence-electron chi connectivity index (χ1n) is 6.49. The molecule has 0 saturated heterocycles. The Morgan fingerprint density at radius 2 is 1.79 bits per heavy atom. The van der Waals surface area contributed by atoms with E-state index in [-0.39, 0.29) is 15.8 Å². The number of alkyl halides is 3. The molecule has 0 atom stereocenters. The molecule has 2 aromatic carbocycles. The van der Waals surface area contributed by atoms with Crippen LogP contribution in [0, 0.1) is 0 Å². The summed E-state index contributed by atoms with van der Waals surface area (Å²) >= 11 is 16.6. The molecule has 0 fully saturated rings. The lowest BCUT2D eigenvalue weighted by Crippen LogP contribution is -2.20. The third kappa shape index (κ3) is 4.66. The summed E-state index contributed by atoms with van der Waals surface area (Å²) in [6.45, 7) is 0. The van der Waals surface area contributed by atoms with Gasteiger partial charge in [0.2, 0.25) is 0 Å². The smallest absolute Gasteiger partial charge is 0.417 e. The molecule has 128 valence electrons. The molecule has 0 aliphatic carbocycles. The molecule has 0 saturated carbocycles. The van der Waals surface area contributed by atoms with Gasteiger partial charge in [-0.15, -0.1) is 0 Å². The molecule has 0 bridgehead atoms. The number of anilines is 2. The molecule has 0 radical (unpaired) electrons. The number of rotatable bonds is 3. The van der Waals surface area contributed by atoms with E-state index < -0.39 is 11.7 Å². The SMILES string of the molecule is COc1ccc(Cl)cc1NC(=S)Nc1ccc(Cl)c(C(F)(F)F)c1. The standard InChI is InChI=1S/C15H11Cl2F3N2OS/c1-23-13-5-2-8(16)6-12(13)22-14(24)21-9-3-4-11(17)10(7-9)15(18,19)20/h2-7H,1H3,(H2,21,22,24). The lowest BCUT2D eigenvalue weighted by atomic mass is 10.2. The molecule has 0 unspecified atom stereocenters. The average Bonchev–Trinajstić information content (AvgIpc) is 2.48. The van der Waals surface area contributed by atoms with Gasteiger partial charge in [0.1, 0.15) is 5.75 Å². The van der Waals surface area contributed by atoms with Crippen LogP contribution in [-0.4, -0.2) is 12.2 Å². The fraction of sp³-hybridized carbons (Fsp3) is 0.133. The number of hydrogen-bond acceptors (Lipinski definition) is 2. The van der Waals surface area contributed by atoms with E-state index in [2.05, 4.69) is 10.6 Å². The van der Waals surface area contributed by atoms with Crippen molar-refractivity contribution >= 4 is 51.9 Å². The van der Waals surface area contributed by atoms with E-state index in [1.165, 1.54) is 13.2 Å². The van der Waals surface area contributed by atoms with Gasteiger partial charge < -0.3 is 15.4 Å². The van der Waals surface area contributed by atoms with Crippen LogP contribution in [0.2, 0.25) is 10.0 Å². The lowest BCUT2D eigenvalue weighted by Gasteiger charge is -2.15. The Kier molecular flexibility index (Phi) is 5.79. The molecule has 0 aliphatic heterocycles. The minimum Gasteiger partial charge on any atom is -0.495 e. The second kappa shape index (κ2) is 7.46. The second-order valence-electron chi connectivity index (χ2n) is 4.62. The van der Waals surface area contributed by atoms with Gasteiger partial charge in [-0.2, -0.15) is 13.2 Å². The molecular formula is C15H11Cl2F3N2OS. The van der Waals surface area contributed by atoms with E-state index in [1.54, 1.807) is 18.2 Å². The van der Waals surface area contributed by atoms with E-state index in [0.717, 1.165) is 12.1 Å². The van der Waals surface area contributed by atoms with Crippen LogP contribution in [0.3, 0.4) is 0 Å². The molecule has 0 spiro atoms. The molecule has 0 aliphatic rings. The summed E-state index contributed by atoms with van der Waals surface area (Å²) in [5.41, 5.74) is -0.324. The van der Waals surface area contributed by atoms with E-state index in [1.807, 2.05) is 0 Å². The van der Waals surface area contributed by atoms with Crippen molar-refractivity contribution in [3.63, 3.8) is 0 Å². The van der Waals surface area contributed by atoms with Crippen molar-refractivity contribution in [1.82, 2.24) is 0 Å². The first-order valence-corrected chi connectivity index (χ1v) is 7.65. The molecule has 0 aromatic heterocycles. The predicted molar refractivity (Wildman–Crippen MR) is 94.3 cm³/mol. The van der Waals surface area contributed by atoms with Gasteiger partial charge in [0.25, 0.3) is 0 Å². The van der Waals surface area contributed by atoms with Gasteiger partial charge >= 0.3 is 6.18 Å². The highest BCUT2D eigenvalue weighted by Gasteiger charge is 2.33. The van der Waals surface area contributed by atoms with E-state index >= 15 is 0 Å². The normalized spacial score (nSPS) is 11.1. The van der Waals surface area contributed by atoms with Gasteiger partial charge in [0, 0.05) is 10.7 Å². The Bertz CT molecular complexity index is 769. The van der Waals surface area contributed by atoms with Crippen LogP contribution in [0.1, 0.15) is 5.56 Å². The number of hydrogen-bond donors (Lipinski definition) is 2. The summed E-state index contributed by atoms with van der Waals surface area (Å²) in [4.78, 5) is 0. The summed E-state index contributed by atoms with van der Waals surface area (Å²) in [6.07, 6.45) is -4.56. The van der Waals surface area contributed by atoms with Crippen LogP contribution in [0.15, 0.2) is 36.4 Å². The highest BCUT2D eigenvalue weighted by Crippen LogP contribution is 2.36. The maximum atomic E-state index is 12.9. The fourth-order valence-electron chi connectivity index (χ4n) is 1.88. The zero-order valence-electron chi connectivity index (χ0n) is 12.2.